The summed E-state index contributed by atoms with van der Waals surface area (Å²) in [7, 11) is 8.46. The summed E-state index contributed by atoms with van der Waals surface area (Å²) in [5.74, 6) is 2.80. The van der Waals surface area contributed by atoms with E-state index in [9.17, 15) is 0 Å². The van der Waals surface area contributed by atoms with Crippen LogP contribution < -0.4 is 14.8 Å². The maximum atomic E-state index is 5.85. The number of hydrogen-bond donors (Lipinski definition) is 1. The van der Waals surface area contributed by atoms with Crippen LogP contribution in [-0.4, -0.2) is 47.9 Å². The summed E-state index contributed by atoms with van der Waals surface area (Å²) in [6.07, 6.45) is 1.60. The lowest BCUT2D eigenvalue weighted by atomic mass is 9.39. The summed E-state index contributed by atoms with van der Waals surface area (Å²) in [6, 6.07) is 7.59. The van der Waals surface area contributed by atoms with Crippen LogP contribution >= 0.6 is 0 Å². The minimum Gasteiger partial charge on any atom is -0.457 e. The average Bonchev–Trinajstić information content (AvgIpc) is 2.58. The van der Waals surface area contributed by atoms with Gasteiger partial charge >= 0.3 is 0 Å². The maximum absolute atomic E-state index is 5.85. The molecule has 0 aliphatic carbocycles. The third-order valence-electron chi connectivity index (χ3n) is 3.95. The highest BCUT2D eigenvalue weighted by atomic mass is 16.6. The van der Waals surface area contributed by atoms with Crippen molar-refractivity contribution < 1.29 is 9.47 Å². The molecule has 4 nitrogen and oxygen atoms in total. The van der Waals surface area contributed by atoms with E-state index >= 15 is 0 Å². The quantitative estimate of drug-likeness (QED) is 0.545. The van der Waals surface area contributed by atoms with Crippen molar-refractivity contribution in [2.24, 2.45) is 4.99 Å². The van der Waals surface area contributed by atoms with E-state index in [1.54, 1.807) is 6.26 Å². The molecule has 0 unspecified atom stereocenters. The summed E-state index contributed by atoms with van der Waals surface area (Å²) in [4.78, 5) is 4.70. The monoisotopic (exact) mass is 250 g/mol. The molecule has 0 spiro atoms. The molecule has 0 saturated heterocycles. The highest BCUT2D eigenvalue weighted by Gasteiger charge is 2.43. The number of hydrogen-bond acceptors (Lipinski definition) is 4. The minimum atomic E-state index is -0.191. The predicted octanol–water partition coefficient (Wildman–Crippen LogP) is -2.86. The van der Waals surface area contributed by atoms with Crippen LogP contribution in [0.1, 0.15) is 0 Å². The van der Waals surface area contributed by atoms with Crippen molar-refractivity contribution in [3.05, 3.63) is 36.3 Å². The number of rotatable bonds is 1. The first-order chi connectivity index (χ1) is 8.89. The Bertz CT molecular complexity index is 598. The van der Waals surface area contributed by atoms with Gasteiger partial charge in [-0.1, -0.05) is 12.1 Å². The number of benzene rings is 1. The van der Waals surface area contributed by atoms with Gasteiger partial charge in [-0.3, -0.25) is 4.99 Å². The Balaban J connectivity index is 1.89. The highest BCUT2D eigenvalue weighted by molar-refractivity contribution is 6.56. The zero-order valence-corrected chi connectivity index (χ0v) is 11.7. The Labute approximate surface area is 116 Å². The van der Waals surface area contributed by atoms with Gasteiger partial charge in [0.05, 0.1) is 0 Å². The molecule has 2 aliphatic rings. The van der Waals surface area contributed by atoms with Crippen LogP contribution in [0.3, 0.4) is 0 Å². The van der Waals surface area contributed by atoms with Gasteiger partial charge in [0.25, 0.3) is 0 Å². The molecule has 0 fully saturated rings. The lowest BCUT2D eigenvalue weighted by Crippen LogP contribution is -2.60. The first-order valence-corrected chi connectivity index (χ1v) is 6.41. The summed E-state index contributed by atoms with van der Waals surface area (Å²) in [5, 5.41) is 3.09. The fourth-order valence-corrected chi connectivity index (χ4v) is 2.01. The zero-order chi connectivity index (χ0) is 13.7. The second-order valence-electron chi connectivity index (χ2n) is 5.92. The average molecular weight is 249 g/mol. The van der Waals surface area contributed by atoms with Crippen LogP contribution in [0, 0.1) is 0 Å². The third kappa shape index (κ3) is 1.95. The van der Waals surface area contributed by atoms with Crippen LogP contribution in [-0.2, 0) is 0 Å². The van der Waals surface area contributed by atoms with Crippen molar-refractivity contribution in [3.63, 3.8) is 0 Å². The Morgan fingerprint density at radius 3 is 2.37 bits per heavy atom. The Morgan fingerprint density at radius 1 is 1.05 bits per heavy atom. The summed E-state index contributed by atoms with van der Waals surface area (Å²) in [5.41, 5.74) is 0. The van der Waals surface area contributed by atoms with Crippen molar-refractivity contribution in [1.29, 1.82) is 0 Å². The van der Waals surface area contributed by atoms with Crippen molar-refractivity contribution in [3.8, 4) is 11.5 Å². The van der Waals surface area contributed by atoms with Gasteiger partial charge in [-0.25, -0.2) is 0 Å². The van der Waals surface area contributed by atoms with E-state index in [-0.39, 0.29) is 10.7 Å². The van der Waals surface area contributed by atoms with Gasteiger partial charge in [-0.15, -0.1) is 0 Å². The topological polar surface area (TPSA) is 42.9 Å². The van der Waals surface area contributed by atoms with Gasteiger partial charge in [0.2, 0.25) is 5.76 Å². The Morgan fingerprint density at radius 2 is 1.74 bits per heavy atom. The number of nitrogens with zero attached hydrogens (tertiary/aromatic N) is 1. The molecule has 3 rings (SSSR count). The van der Waals surface area contributed by atoms with Gasteiger partial charge in [-0.05, 0) is 17.5 Å². The lowest BCUT2D eigenvalue weighted by Gasteiger charge is -2.33. The standard InChI is InChI=1S/C11H14B4N2O2/c12-10(13)11(14,15)17-9(16-10)8-5-18-6-3-1-2-4-7(6)19-8/h1-5H,12-15H2,(H,16,17). The number of nitrogens with one attached hydrogen (secondary N) is 1. The van der Waals surface area contributed by atoms with Crippen LogP contribution in [0.25, 0.3) is 0 Å². The molecule has 0 radical (unpaired) electrons. The summed E-state index contributed by atoms with van der Waals surface area (Å²) < 4.78 is 11.4. The van der Waals surface area contributed by atoms with E-state index in [1.807, 2.05) is 24.3 Å². The van der Waals surface area contributed by atoms with Gasteiger partial charge in [0, 0.05) is 5.34 Å². The molecule has 0 atom stereocenters. The normalized spacial score (nSPS) is 22.1. The van der Waals surface area contributed by atoms with Crippen LogP contribution in [0.5, 0.6) is 11.5 Å². The van der Waals surface area contributed by atoms with E-state index in [2.05, 4.69) is 36.7 Å². The predicted molar refractivity (Wildman–Crippen MR) is 86.0 cm³/mol. The van der Waals surface area contributed by atoms with E-state index in [0.717, 1.165) is 11.6 Å². The number of amidine groups is 1. The fourth-order valence-electron chi connectivity index (χ4n) is 2.01. The number of aliphatic imine (C=N–C) groups is 1. The Hall–Kier alpha value is -1.71. The van der Waals surface area contributed by atoms with Crippen LogP contribution in [0.15, 0.2) is 41.3 Å². The van der Waals surface area contributed by atoms with Crippen LogP contribution in [0.4, 0.5) is 0 Å². The maximum Gasteiger partial charge on any atom is 0.204 e. The van der Waals surface area contributed by atoms with Crippen molar-refractivity contribution in [1.82, 2.24) is 5.32 Å². The molecule has 1 N–H and O–H groups in total. The third-order valence-corrected chi connectivity index (χ3v) is 3.95. The molecule has 8 heteroatoms. The molecule has 2 heterocycles. The smallest absolute Gasteiger partial charge is 0.204 e. The molecule has 92 valence electrons. The molecule has 1 aromatic rings. The Kier molecular flexibility index (Phi) is 2.52. The molecule has 2 aliphatic heterocycles. The minimum absolute atomic E-state index is 0.122. The van der Waals surface area contributed by atoms with E-state index in [1.165, 1.54) is 0 Å². The van der Waals surface area contributed by atoms with E-state index in [0.29, 0.717) is 11.5 Å². The van der Waals surface area contributed by atoms with Crippen molar-refractivity contribution >= 4 is 37.2 Å². The number of para-hydroxylation sites is 2. The summed E-state index contributed by atoms with van der Waals surface area (Å²) in [6.45, 7) is 0. The van der Waals surface area contributed by atoms with Gasteiger partial charge in [-0.2, -0.15) is 0 Å². The molecule has 0 bridgehead atoms. The molecule has 19 heavy (non-hydrogen) atoms. The zero-order valence-electron chi connectivity index (χ0n) is 11.7. The molecular formula is C11H14B4N2O2. The molecule has 0 amide bonds. The van der Waals surface area contributed by atoms with E-state index in [4.69, 9.17) is 14.5 Å². The number of fused-ring (bicyclic) bond motifs is 1. The van der Waals surface area contributed by atoms with E-state index < -0.39 is 0 Å². The first kappa shape index (κ1) is 12.3. The van der Waals surface area contributed by atoms with Crippen molar-refractivity contribution in [2.45, 2.75) is 10.7 Å². The fraction of sp³-hybridized carbons (Fsp3) is 0.182. The second kappa shape index (κ2) is 3.89. The lowest BCUT2D eigenvalue weighted by molar-refractivity contribution is 0.343. The van der Waals surface area contributed by atoms with Gasteiger partial charge < -0.3 is 14.8 Å². The molecule has 0 saturated carbocycles. The summed E-state index contributed by atoms with van der Waals surface area (Å²) >= 11 is 0. The first-order valence-electron chi connectivity index (χ1n) is 6.41. The van der Waals surface area contributed by atoms with Gasteiger partial charge in [0.1, 0.15) is 37.6 Å². The largest absolute Gasteiger partial charge is 0.457 e. The van der Waals surface area contributed by atoms with Crippen LogP contribution in [0.2, 0.25) is 0 Å². The highest BCUT2D eigenvalue weighted by Crippen LogP contribution is 2.33. The number of ether oxygens (including phenoxy) is 2. The van der Waals surface area contributed by atoms with Gasteiger partial charge in [0.15, 0.2) is 17.3 Å². The molecule has 0 aromatic heterocycles. The second-order valence-corrected chi connectivity index (χ2v) is 5.92. The molecular weight excluding hydrogens is 235 g/mol. The SMILES string of the molecule is BC1(B)N=C(C2=COc3ccccc3O2)NC1(B)B. The van der Waals surface area contributed by atoms with Crippen molar-refractivity contribution in [2.75, 3.05) is 0 Å². The molecule has 1 aromatic carbocycles.